The van der Waals surface area contributed by atoms with Gasteiger partial charge in [0.15, 0.2) is 23.9 Å². The summed E-state index contributed by atoms with van der Waals surface area (Å²) in [6, 6.07) is 9.12. The van der Waals surface area contributed by atoms with Crippen LogP contribution in [0, 0.1) is 10.1 Å². The van der Waals surface area contributed by atoms with Crippen molar-refractivity contribution in [3.05, 3.63) is 57.1 Å². The fourth-order valence-electron chi connectivity index (χ4n) is 2.41. The first kappa shape index (κ1) is 19.4. The molecule has 28 heavy (non-hydrogen) atoms. The molecule has 0 saturated carbocycles. The highest BCUT2D eigenvalue weighted by Gasteiger charge is 2.16. The van der Waals surface area contributed by atoms with Crippen LogP contribution in [-0.4, -0.2) is 36.9 Å². The highest BCUT2D eigenvalue weighted by Crippen LogP contribution is 2.37. The van der Waals surface area contributed by atoms with Crippen LogP contribution >= 0.6 is 11.6 Å². The molecule has 0 atom stereocenters. The Bertz CT molecular complexity index is 918. The van der Waals surface area contributed by atoms with Crippen LogP contribution < -0.4 is 19.6 Å². The summed E-state index contributed by atoms with van der Waals surface area (Å²) < 4.78 is 16.3. The summed E-state index contributed by atoms with van der Waals surface area (Å²) in [5.41, 5.74) is 2.67. The zero-order chi connectivity index (χ0) is 19.9. The van der Waals surface area contributed by atoms with Crippen molar-refractivity contribution < 1.29 is 23.9 Å². The molecule has 0 unspecified atom stereocenters. The lowest BCUT2D eigenvalue weighted by atomic mass is 10.2. The maximum Gasteiger partial charge on any atom is 0.310 e. The third kappa shape index (κ3) is 4.89. The number of rotatable bonds is 6. The number of benzene rings is 2. The molecule has 1 aliphatic heterocycles. The largest absolute Gasteiger partial charge is 0.489 e. The molecule has 0 bridgehead atoms. The van der Waals surface area contributed by atoms with Crippen LogP contribution in [0.5, 0.6) is 17.2 Å². The van der Waals surface area contributed by atoms with E-state index in [0.29, 0.717) is 35.3 Å². The van der Waals surface area contributed by atoms with Crippen molar-refractivity contribution in [1.82, 2.24) is 5.43 Å². The summed E-state index contributed by atoms with van der Waals surface area (Å²) in [5.74, 6) is 0.423. The van der Waals surface area contributed by atoms with E-state index >= 15 is 0 Å². The normalized spacial score (nSPS) is 13.0. The Morgan fingerprint density at radius 1 is 1.32 bits per heavy atom. The van der Waals surface area contributed by atoms with Gasteiger partial charge in [-0.05, 0) is 23.8 Å². The molecule has 1 amide bonds. The van der Waals surface area contributed by atoms with Crippen LogP contribution in [0.25, 0.3) is 0 Å². The van der Waals surface area contributed by atoms with Crippen molar-refractivity contribution in [2.24, 2.45) is 5.10 Å². The van der Waals surface area contributed by atoms with Gasteiger partial charge in [-0.3, -0.25) is 14.9 Å². The molecule has 2 aromatic carbocycles. The molecule has 9 nitrogen and oxygen atoms in total. The van der Waals surface area contributed by atoms with Crippen LogP contribution in [0.15, 0.2) is 41.5 Å². The Morgan fingerprint density at radius 2 is 2.11 bits per heavy atom. The van der Waals surface area contributed by atoms with Crippen molar-refractivity contribution >= 4 is 29.4 Å². The summed E-state index contributed by atoms with van der Waals surface area (Å²) in [6.07, 6.45) is 2.15. The predicted molar refractivity (Wildman–Crippen MR) is 101 cm³/mol. The fourth-order valence-corrected chi connectivity index (χ4v) is 2.68. The van der Waals surface area contributed by atoms with E-state index in [1.807, 2.05) is 0 Å². The smallest absolute Gasteiger partial charge is 0.310 e. The number of nitrogens with zero attached hydrogens (tertiary/aromatic N) is 2. The quantitative estimate of drug-likeness (QED) is 0.449. The lowest BCUT2D eigenvalue weighted by Gasteiger charge is -2.09. The summed E-state index contributed by atoms with van der Waals surface area (Å²) in [5, 5.41) is 15.1. The summed E-state index contributed by atoms with van der Waals surface area (Å²) in [6.45, 7) is 0.615. The van der Waals surface area contributed by atoms with Gasteiger partial charge >= 0.3 is 5.69 Å². The third-order valence-electron chi connectivity index (χ3n) is 3.65. The van der Waals surface area contributed by atoms with Crippen molar-refractivity contribution in [2.75, 3.05) is 19.8 Å². The van der Waals surface area contributed by atoms with E-state index in [1.165, 1.54) is 24.4 Å². The van der Waals surface area contributed by atoms with Crippen molar-refractivity contribution in [2.45, 2.75) is 6.42 Å². The van der Waals surface area contributed by atoms with Gasteiger partial charge in [0.25, 0.3) is 5.91 Å². The topological polar surface area (TPSA) is 112 Å². The van der Waals surface area contributed by atoms with E-state index in [2.05, 4.69) is 10.5 Å². The number of amides is 1. The molecule has 1 aliphatic rings. The molecule has 2 aromatic rings. The van der Waals surface area contributed by atoms with Gasteiger partial charge in [0.1, 0.15) is 0 Å². The average molecular weight is 406 g/mol. The minimum Gasteiger partial charge on any atom is -0.489 e. The molecule has 0 aliphatic carbocycles. The summed E-state index contributed by atoms with van der Waals surface area (Å²) in [4.78, 5) is 22.2. The number of para-hydroxylation sites is 2. The zero-order valence-electron chi connectivity index (χ0n) is 14.6. The van der Waals surface area contributed by atoms with Gasteiger partial charge in [0, 0.05) is 12.5 Å². The molecule has 1 N–H and O–H groups in total. The predicted octanol–water partition coefficient (Wildman–Crippen LogP) is 2.94. The van der Waals surface area contributed by atoms with Gasteiger partial charge in [0.2, 0.25) is 0 Å². The molecule has 0 saturated heterocycles. The van der Waals surface area contributed by atoms with Crippen LogP contribution in [0.3, 0.4) is 0 Å². The molecule has 0 radical (unpaired) electrons. The second kappa shape index (κ2) is 9.05. The van der Waals surface area contributed by atoms with Gasteiger partial charge in [-0.25, -0.2) is 5.43 Å². The monoisotopic (exact) mass is 405 g/mol. The number of nitrogens with one attached hydrogen (secondary N) is 1. The van der Waals surface area contributed by atoms with E-state index < -0.39 is 17.4 Å². The van der Waals surface area contributed by atoms with Crippen LogP contribution in [-0.2, 0) is 4.79 Å². The third-order valence-corrected chi connectivity index (χ3v) is 3.93. The Balaban J connectivity index is 1.58. The zero-order valence-corrected chi connectivity index (χ0v) is 15.3. The summed E-state index contributed by atoms with van der Waals surface area (Å²) >= 11 is 6.19. The van der Waals surface area contributed by atoms with Gasteiger partial charge in [-0.15, -0.1) is 0 Å². The number of nitro groups is 1. The molecule has 0 spiro atoms. The lowest BCUT2D eigenvalue weighted by Crippen LogP contribution is -2.24. The first-order valence-corrected chi connectivity index (χ1v) is 8.69. The van der Waals surface area contributed by atoms with Crippen LogP contribution in [0.1, 0.15) is 12.0 Å². The molecule has 146 valence electrons. The number of ether oxygens (including phenoxy) is 3. The molecule has 0 fully saturated rings. The number of hydrazone groups is 1. The van der Waals surface area contributed by atoms with Crippen molar-refractivity contribution in [3.63, 3.8) is 0 Å². The Hall–Kier alpha value is -3.33. The average Bonchev–Trinajstić information content (AvgIpc) is 2.92. The van der Waals surface area contributed by atoms with E-state index in [1.54, 1.807) is 18.2 Å². The molecular formula is C18H16ClN3O6. The van der Waals surface area contributed by atoms with E-state index in [9.17, 15) is 14.9 Å². The minimum atomic E-state index is -0.584. The maximum absolute atomic E-state index is 11.8. The summed E-state index contributed by atoms with van der Waals surface area (Å²) in [7, 11) is 0. The van der Waals surface area contributed by atoms with Gasteiger partial charge in [0.05, 0.1) is 29.4 Å². The molecule has 1 heterocycles. The molecule has 0 aromatic heterocycles. The molecule has 10 heteroatoms. The standard InChI is InChI=1S/C18H16ClN3O6/c19-13-8-12(9-16-18(13)27-7-3-6-26-16)10-20-21-17(23)11-28-15-5-2-1-4-14(15)22(24)25/h1-2,4-5,8-10H,3,6-7,11H2,(H,21,23)/b20-10-. The highest BCUT2D eigenvalue weighted by molar-refractivity contribution is 6.32. The SMILES string of the molecule is O=C(COc1ccccc1[N+](=O)[O-])N/N=C\c1cc(Cl)c2c(c1)OCCCO2. The lowest BCUT2D eigenvalue weighted by molar-refractivity contribution is -0.385. The number of hydrogen-bond donors (Lipinski definition) is 1. The number of carbonyl (C=O) groups excluding carboxylic acids is 1. The molecular weight excluding hydrogens is 390 g/mol. The first-order valence-electron chi connectivity index (χ1n) is 8.32. The van der Waals surface area contributed by atoms with Gasteiger partial charge in [-0.2, -0.15) is 5.10 Å². The second-order valence-electron chi connectivity index (χ2n) is 5.69. The van der Waals surface area contributed by atoms with E-state index in [0.717, 1.165) is 6.42 Å². The number of fused-ring (bicyclic) bond motifs is 1. The molecule has 3 rings (SSSR count). The number of halogens is 1. The Morgan fingerprint density at radius 3 is 2.93 bits per heavy atom. The van der Waals surface area contributed by atoms with Gasteiger partial charge < -0.3 is 14.2 Å². The first-order chi connectivity index (χ1) is 13.5. The number of carbonyl (C=O) groups is 1. The van der Waals surface area contributed by atoms with Crippen LogP contribution in [0.4, 0.5) is 5.69 Å². The van der Waals surface area contributed by atoms with Gasteiger partial charge in [-0.1, -0.05) is 23.7 Å². The van der Waals surface area contributed by atoms with Crippen molar-refractivity contribution in [3.8, 4) is 17.2 Å². The fraction of sp³-hybridized carbons (Fsp3) is 0.222. The minimum absolute atomic E-state index is 0.00122. The Kier molecular flexibility index (Phi) is 6.28. The van der Waals surface area contributed by atoms with Crippen molar-refractivity contribution in [1.29, 1.82) is 0 Å². The highest BCUT2D eigenvalue weighted by atomic mass is 35.5. The van der Waals surface area contributed by atoms with E-state index in [4.69, 9.17) is 25.8 Å². The maximum atomic E-state index is 11.8. The number of hydrogen-bond acceptors (Lipinski definition) is 7. The Labute approximate surface area is 165 Å². The number of nitro benzene ring substituents is 1. The van der Waals surface area contributed by atoms with Crippen LogP contribution in [0.2, 0.25) is 5.02 Å². The van der Waals surface area contributed by atoms with E-state index in [-0.39, 0.29) is 11.4 Å². The second-order valence-corrected chi connectivity index (χ2v) is 6.09.